The van der Waals surface area contributed by atoms with Crippen LogP contribution in [-0.2, 0) is 19.1 Å². The normalized spacial score (nSPS) is 11.3. The van der Waals surface area contributed by atoms with E-state index in [1.807, 2.05) is 19.1 Å². The summed E-state index contributed by atoms with van der Waals surface area (Å²) in [4.78, 5) is 37.4. The molecule has 0 aliphatic heterocycles. The van der Waals surface area contributed by atoms with Crippen molar-refractivity contribution in [3.05, 3.63) is 59.1 Å². The average molecular weight is 419 g/mol. The van der Waals surface area contributed by atoms with Crippen molar-refractivity contribution in [3.63, 3.8) is 0 Å². The SMILES string of the molecule is Cc1cccc(O[C@@H](C)C(=O)OCC(=O)N(C)CC(=O)Nc2ccccc2Cl)c1. The molecule has 0 unspecified atom stereocenters. The quantitative estimate of drug-likeness (QED) is 0.666. The lowest BCUT2D eigenvalue weighted by Gasteiger charge is -2.18. The molecule has 0 aliphatic rings. The number of ether oxygens (including phenoxy) is 2. The van der Waals surface area contributed by atoms with Gasteiger partial charge in [-0.05, 0) is 43.7 Å². The molecule has 7 nitrogen and oxygen atoms in total. The number of esters is 1. The fourth-order valence-corrected chi connectivity index (χ4v) is 2.54. The van der Waals surface area contributed by atoms with Gasteiger partial charge in [0.25, 0.3) is 5.91 Å². The minimum atomic E-state index is -0.876. The molecule has 29 heavy (non-hydrogen) atoms. The van der Waals surface area contributed by atoms with Crippen molar-refractivity contribution < 1.29 is 23.9 Å². The summed E-state index contributed by atoms with van der Waals surface area (Å²) in [7, 11) is 1.44. The van der Waals surface area contributed by atoms with Gasteiger partial charge in [-0.2, -0.15) is 0 Å². The predicted molar refractivity (Wildman–Crippen MR) is 110 cm³/mol. The highest BCUT2D eigenvalue weighted by atomic mass is 35.5. The van der Waals surface area contributed by atoms with Gasteiger partial charge in [0.2, 0.25) is 5.91 Å². The van der Waals surface area contributed by atoms with E-state index in [1.165, 1.54) is 14.0 Å². The highest BCUT2D eigenvalue weighted by molar-refractivity contribution is 6.33. The number of rotatable bonds is 8. The van der Waals surface area contributed by atoms with Gasteiger partial charge in [-0.1, -0.05) is 35.9 Å². The molecule has 2 amide bonds. The van der Waals surface area contributed by atoms with Crippen LogP contribution in [0, 0.1) is 6.92 Å². The van der Waals surface area contributed by atoms with Gasteiger partial charge in [0.1, 0.15) is 5.75 Å². The first-order chi connectivity index (χ1) is 13.8. The zero-order valence-corrected chi connectivity index (χ0v) is 17.2. The van der Waals surface area contributed by atoms with Crippen molar-refractivity contribution in [2.75, 3.05) is 25.5 Å². The lowest BCUT2D eigenvalue weighted by molar-refractivity contribution is -0.157. The maximum absolute atomic E-state index is 12.1. The standard InChI is InChI=1S/C21H23ClN2O5/c1-14-7-6-8-16(11-14)29-15(2)21(27)28-13-20(26)24(3)12-19(25)23-18-10-5-4-9-17(18)22/h4-11,15H,12-13H2,1-3H3,(H,23,25)/t15-/m0/s1. The first kappa shape index (κ1) is 22.2. The largest absolute Gasteiger partial charge is 0.479 e. The average Bonchev–Trinajstić information content (AvgIpc) is 2.67. The first-order valence-corrected chi connectivity index (χ1v) is 9.32. The number of amides is 2. The Labute approximate surface area is 174 Å². The van der Waals surface area contributed by atoms with Crippen molar-refractivity contribution in [2.45, 2.75) is 20.0 Å². The van der Waals surface area contributed by atoms with E-state index >= 15 is 0 Å². The summed E-state index contributed by atoms with van der Waals surface area (Å²) in [5.41, 5.74) is 1.45. The second-order valence-corrected chi connectivity index (χ2v) is 6.87. The third kappa shape index (κ3) is 7.12. The highest BCUT2D eigenvalue weighted by Crippen LogP contribution is 2.20. The fourth-order valence-electron chi connectivity index (χ4n) is 2.36. The Morgan fingerprint density at radius 1 is 1.14 bits per heavy atom. The Morgan fingerprint density at radius 2 is 1.86 bits per heavy atom. The van der Waals surface area contributed by atoms with E-state index in [0.717, 1.165) is 10.5 Å². The zero-order valence-electron chi connectivity index (χ0n) is 16.5. The molecule has 0 aromatic heterocycles. The lowest BCUT2D eigenvalue weighted by Crippen LogP contribution is -2.38. The van der Waals surface area contributed by atoms with E-state index < -0.39 is 30.5 Å². The maximum atomic E-state index is 12.1. The van der Waals surface area contributed by atoms with Crippen molar-refractivity contribution in [3.8, 4) is 5.75 Å². The number of nitrogens with zero attached hydrogens (tertiary/aromatic N) is 1. The van der Waals surface area contributed by atoms with Crippen LogP contribution in [-0.4, -0.2) is 49.0 Å². The second kappa shape index (κ2) is 10.5. The Hall–Kier alpha value is -3.06. The van der Waals surface area contributed by atoms with Crippen LogP contribution in [0.1, 0.15) is 12.5 Å². The molecular formula is C21H23ClN2O5. The van der Waals surface area contributed by atoms with Crippen LogP contribution < -0.4 is 10.1 Å². The maximum Gasteiger partial charge on any atom is 0.347 e. The number of hydrogen-bond donors (Lipinski definition) is 1. The van der Waals surface area contributed by atoms with Gasteiger partial charge in [0, 0.05) is 7.05 Å². The van der Waals surface area contributed by atoms with Gasteiger partial charge in [-0.3, -0.25) is 9.59 Å². The molecule has 2 aromatic carbocycles. The summed E-state index contributed by atoms with van der Waals surface area (Å²) in [6.07, 6.45) is -0.876. The Bertz CT molecular complexity index is 887. The Morgan fingerprint density at radius 3 is 2.55 bits per heavy atom. The number of para-hydroxylation sites is 1. The van der Waals surface area contributed by atoms with E-state index in [0.29, 0.717) is 16.5 Å². The molecular weight excluding hydrogens is 396 g/mol. The molecule has 0 saturated carbocycles. The fraction of sp³-hybridized carbons (Fsp3) is 0.286. The number of nitrogens with one attached hydrogen (secondary N) is 1. The summed E-state index contributed by atoms with van der Waals surface area (Å²) >= 11 is 5.98. The van der Waals surface area contributed by atoms with Gasteiger partial charge < -0.3 is 19.7 Å². The molecule has 0 radical (unpaired) electrons. The number of likely N-dealkylation sites (N-methyl/N-ethyl adjacent to an activating group) is 1. The molecule has 2 aromatic rings. The Balaban J connectivity index is 1.77. The number of halogens is 1. The number of anilines is 1. The van der Waals surface area contributed by atoms with E-state index in [2.05, 4.69) is 5.32 Å². The molecule has 1 N–H and O–H groups in total. The van der Waals surface area contributed by atoms with Gasteiger partial charge in [-0.25, -0.2) is 4.79 Å². The molecule has 1 atom stereocenters. The van der Waals surface area contributed by atoms with Crippen LogP contribution in [0.3, 0.4) is 0 Å². The van der Waals surface area contributed by atoms with Gasteiger partial charge in [0.15, 0.2) is 12.7 Å². The smallest absolute Gasteiger partial charge is 0.347 e. The molecule has 0 fully saturated rings. The van der Waals surface area contributed by atoms with Crippen LogP contribution in [0.15, 0.2) is 48.5 Å². The molecule has 8 heteroatoms. The van der Waals surface area contributed by atoms with Gasteiger partial charge >= 0.3 is 5.97 Å². The Kier molecular flexibility index (Phi) is 8.03. The first-order valence-electron chi connectivity index (χ1n) is 8.94. The van der Waals surface area contributed by atoms with Gasteiger partial charge in [-0.15, -0.1) is 0 Å². The number of benzene rings is 2. The van der Waals surface area contributed by atoms with E-state index in [1.54, 1.807) is 36.4 Å². The minimum Gasteiger partial charge on any atom is -0.479 e. The monoisotopic (exact) mass is 418 g/mol. The van der Waals surface area contributed by atoms with Crippen molar-refractivity contribution in [1.29, 1.82) is 0 Å². The molecule has 154 valence electrons. The third-order valence-corrected chi connectivity index (χ3v) is 4.26. The topological polar surface area (TPSA) is 84.9 Å². The number of carbonyl (C=O) groups is 3. The molecule has 0 bridgehead atoms. The third-order valence-electron chi connectivity index (χ3n) is 3.93. The lowest BCUT2D eigenvalue weighted by atomic mass is 10.2. The zero-order chi connectivity index (χ0) is 21.4. The van der Waals surface area contributed by atoms with E-state index in [-0.39, 0.29) is 6.54 Å². The summed E-state index contributed by atoms with van der Waals surface area (Å²) < 4.78 is 10.5. The predicted octanol–water partition coefficient (Wildman–Crippen LogP) is 3.06. The number of hydrogen-bond acceptors (Lipinski definition) is 5. The van der Waals surface area contributed by atoms with Crippen LogP contribution in [0.25, 0.3) is 0 Å². The number of aryl methyl sites for hydroxylation is 1. The highest BCUT2D eigenvalue weighted by Gasteiger charge is 2.20. The summed E-state index contributed by atoms with van der Waals surface area (Å²) in [6.45, 7) is 2.75. The van der Waals surface area contributed by atoms with Gasteiger partial charge in [0.05, 0.1) is 17.3 Å². The second-order valence-electron chi connectivity index (χ2n) is 6.46. The molecule has 2 rings (SSSR count). The van der Waals surface area contributed by atoms with Crippen molar-refractivity contribution in [2.24, 2.45) is 0 Å². The van der Waals surface area contributed by atoms with Crippen molar-refractivity contribution in [1.82, 2.24) is 4.90 Å². The van der Waals surface area contributed by atoms with E-state index in [9.17, 15) is 14.4 Å². The van der Waals surface area contributed by atoms with Crippen LogP contribution in [0.2, 0.25) is 5.02 Å². The molecule has 0 saturated heterocycles. The minimum absolute atomic E-state index is 0.211. The van der Waals surface area contributed by atoms with Crippen LogP contribution in [0.5, 0.6) is 5.75 Å². The molecule has 0 heterocycles. The van der Waals surface area contributed by atoms with Crippen LogP contribution in [0.4, 0.5) is 5.69 Å². The van der Waals surface area contributed by atoms with Crippen LogP contribution >= 0.6 is 11.6 Å². The summed E-state index contributed by atoms with van der Waals surface area (Å²) in [6, 6.07) is 14.0. The molecule has 0 aliphatic carbocycles. The molecule has 0 spiro atoms. The summed E-state index contributed by atoms with van der Waals surface area (Å²) in [5, 5.41) is 3.01. The van der Waals surface area contributed by atoms with Crippen molar-refractivity contribution >= 4 is 35.1 Å². The summed E-state index contributed by atoms with van der Waals surface area (Å²) in [5.74, 6) is -1.07. The number of carbonyl (C=O) groups excluding carboxylic acids is 3. The van der Waals surface area contributed by atoms with E-state index in [4.69, 9.17) is 21.1 Å².